The molecule has 0 bridgehead atoms. The molecule has 2 atom stereocenters. The van der Waals surface area contributed by atoms with Crippen LogP contribution in [0.2, 0.25) is 0 Å². The SMILES string of the molecule is CCCCCCCCCCCCCCCCCCCCCCCCCCC(C)(CC(C)C)OC(C)(CCCCCCCCCCCCCCCCCCCCCCCCCC)CC(C)C. The van der Waals surface area contributed by atoms with Crippen molar-refractivity contribution in [3.8, 4) is 0 Å². The Hall–Kier alpha value is -0.0400. The predicted molar refractivity (Wildman–Crippen MR) is 299 cm³/mol. The summed E-state index contributed by atoms with van der Waals surface area (Å²) >= 11 is 0. The van der Waals surface area contributed by atoms with Gasteiger partial charge in [0, 0.05) is 0 Å². The molecule has 0 radical (unpaired) electrons. The lowest BCUT2D eigenvalue weighted by atomic mass is 9.84. The van der Waals surface area contributed by atoms with Crippen molar-refractivity contribution in [3.05, 3.63) is 0 Å². The Kier molecular flexibility index (Phi) is 50.3. The van der Waals surface area contributed by atoms with Gasteiger partial charge >= 0.3 is 0 Å². The first-order valence-electron chi connectivity index (χ1n) is 31.4. The van der Waals surface area contributed by atoms with Gasteiger partial charge in [-0.25, -0.2) is 0 Å². The molecule has 2 unspecified atom stereocenters. The summed E-state index contributed by atoms with van der Waals surface area (Å²) in [5.74, 6) is 1.36. The summed E-state index contributed by atoms with van der Waals surface area (Å²) in [4.78, 5) is 0. The van der Waals surface area contributed by atoms with Crippen LogP contribution in [0.15, 0.2) is 0 Å². The molecule has 0 fully saturated rings. The topological polar surface area (TPSA) is 9.23 Å². The summed E-state index contributed by atoms with van der Waals surface area (Å²) in [5.41, 5.74) is 0.0222. The van der Waals surface area contributed by atoms with Gasteiger partial charge in [-0.2, -0.15) is 0 Å². The van der Waals surface area contributed by atoms with E-state index in [-0.39, 0.29) is 11.2 Å². The number of unbranched alkanes of at least 4 members (excludes halogenated alkanes) is 46. The highest BCUT2D eigenvalue weighted by Gasteiger charge is 2.36. The van der Waals surface area contributed by atoms with Gasteiger partial charge in [0.25, 0.3) is 0 Å². The van der Waals surface area contributed by atoms with Crippen LogP contribution in [0, 0.1) is 11.8 Å². The van der Waals surface area contributed by atoms with E-state index in [1.807, 2.05) is 0 Å². The molecular weight excluding hydrogens is 785 g/mol. The third kappa shape index (κ3) is 50.2. The zero-order valence-electron chi connectivity index (χ0n) is 47.3. The van der Waals surface area contributed by atoms with Crippen LogP contribution in [0.1, 0.15) is 389 Å². The van der Waals surface area contributed by atoms with Crippen LogP contribution in [0.4, 0.5) is 0 Å². The minimum Gasteiger partial charge on any atom is -0.369 e. The van der Waals surface area contributed by atoms with E-state index in [4.69, 9.17) is 4.74 Å². The van der Waals surface area contributed by atoms with E-state index < -0.39 is 0 Å². The lowest BCUT2D eigenvalue weighted by Gasteiger charge is -2.43. The number of hydrogen-bond acceptors (Lipinski definition) is 1. The van der Waals surface area contributed by atoms with Crippen LogP contribution >= 0.6 is 0 Å². The fraction of sp³-hybridized carbons (Fsp3) is 1.00. The predicted octanol–water partition coefficient (Wildman–Crippen LogP) is 24.2. The average Bonchev–Trinajstić information content (AvgIpc) is 3.26. The van der Waals surface area contributed by atoms with Gasteiger partial charge in [0.1, 0.15) is 0 Å². The highest BCUT2D eigenvalue weighted by Crippen LogP contribution is 2.38. The Morgan fingerprint density at radius 2 is 0.369 bits per heavy atom. The normalized spacial score (nSPS) is 13.9. The van der Waals surface area contributed by atoms with Crippen LogP contribution in [0.25, 0.3) is 0 Å². The first-order valence-corrected chi connectivity index (χ1v) is 31.4. The maximum atomic E-state index is 7.35. The zero-order chi connectivity index (χ0) is 47.6. The molecule has 1 heteroatoms. The molecule has 0 aromatic rings. The van der Waals surface area contributed by atoms with Crippen LogP contribution in [0.5, 0.6) is 0 Å². The molecule has 0 saturated heterocycles. The van der Waals surface area contributed by atoms with Crippen molar-refractivity contribution in [2.45, 2.75) is 400 Å². The molecule has 0 aliphatic rings. The highest BCUT2D eigenvalue weighted by atomic mass is 16.5. The molecule has 0 aromatic heterocycles. The van der Waals surface area contributed by atoms with E-state index in [9.17, 15) is 0 Å². The Morgan fingerprint density at radius 3 is 0.508 bits per heavy atom. The summed E-state index contributed by atoms with van der Waals surface area (Å²) < 4.78 is 7.35. The third-order valence-electron chi connectivity index (χ3n) is 15.3. The summed E-state index contributed by atoms with van der Waals surface area (Å²) in [6.45, 7) is 19.2. The van der Waals surface area contributed by atoms with E-state index in [2.05, 4.69) is 55.4 Å². The average molecular weight is 916 g/mol. The van der Waals surface area contributed by atoms with Crippen molar-refractivity contribution in [2.24, 2.45) is 11.8 Å². The van der Waals surface area contributed by atoms with Gasteiger partial charge in [-0.15, -0.1) is 0 Å². The molecular formula is C64H130O. The lowest BCUT2D eigenvalue weighted by molar-refractivity contribution is -0.163. The zero-order valence-corrected chi connectivity index (χ0v) is 47.3. The number of hydrogen-bond donors (Lipinski definition) is 0. The van der Waals surface area contributed by atoms with E-state index in [1.54, 1.807) is 0 Å². The molecule has 0 amide bonds. The Bertz CT molecular complexity index is 807. The second-order valence-electron chi connectivity index (χ2n) is 24.0. The summed E-state index contributed by atoms with van der Waals surface area (Å²) in [7, 11) is 0. The van der Waals surface area contributed by atoms with Crippen molar-refractivity contribution in [1.82, 2.24) is 0 Å². The lowest BCUT2D eigenvalue weighted by Crippen LogP contribution is -2.43. The largest absolute Gasteiger partial charge is 0.369 e. The van der Waals surface area contributed by atoms with Crippen molar-refractivity contribution >= 4 is 0 Å². The number of ether oxygens (including phenoxy) is 1. The third-order valence-corrected chi connectivity index (χ3v) is 15.3. The molecule has 0 heterocycles. The van der Waals surface area contributed by atoms with Gasteiger partial charge < -0.3 is 4.74 Å². The number of rotatable bonds is 56. The van der Waals surface area contributed by atoms with Gasteiger partial charge in [0.15, 0.2) is 0 Å². The molecule has 0 aliphatic heterocycles. The van der Waals surface area contributed by atoms with Gasteiger partial charge in [0.05, 0.1) is 11.2 Å². The molecule has 0 N–H and O–H groups in total. The Morgan fingerprint density at radius 1 is 0.231 bits per heavy atom. The molecule has 0 saturated carbocycles. The smallest absolute Gasteiger partial charge is 0.0664 e. The van der Waals surface area contributed by atoms with E-state index in [0.717, 1.165) is 0 Å². The Balaban J connectivity index is 3.92. The minimum atomic E-state index is 0.0111. The van der Waals surface area contributed by atoms with Crippen molar-refractivity contribution in [3.63, 3.8) is 0 Å². The second kappa shape index (κ2) is 50.4. The maximum absolute atomic E-state index is 7.35. The summed E-state index contributed by atoms with van der Waals surface area (Å²) in [6.07, 6.45) is 74.7. The quantitative estimate of drug-likeness (QED) is 0.0553. The van der Waals surface area contributed by atoms with Crippen molar-refractivity contribution < 1.29 is 4.74 Å². The fourth-order valence-corrected chi connectivity index (χ4v) is 11.6. The second-order valence-corrected chi connectivity index (χ2v) is 24.0. The van der Waals surface area contributed by atoms with Crippen LogP contribution in [-0.4, -0.2) is 11.2 Å². The maximum Gasteiger partial charge on any atom is 0.0664 e. The molecule has 1 nitrogen and oxygen atoms in total. The minimum absolute atomic E-state index is 0.0111. The Labute approximate surface area is 415 Å². The fourth-order valence-electron chi connectivity index (χ4n) is 11.6. The van der Waals surface area contributed by atoms with Crippen molar-refractivity contribution in [2.75, 3.05) is 0 Å². The van der Waals surface area contributed by atoms with Gasteiger partial charge in [-0.05, 0) is 51.4 Å². The van der Waals surface area contributed by atoms with Crippen LogP contribution < -0.4 is 0 Å². The summed E-state index contributed by atoms with van der Waals surface area (Å²) in [6, 6.07) is 0. The molecule has 0 aliphatic carbocycles. The molecule has 392 valence electrons. The van der Waals surface area contributed by atoms with Gasteiger partial charge in [-0.3, -0.25) is 0 Å². The van der Waals surface area contributed by atoms with Crippen molar-refractivity contribution in [1.29, 1.82) is 0 Å². The molecule has 0 rings (SSSR count). The standard InChI is InChI=1S/C64H130O/c1-9-11-13-15-17-19-21-23-25-27-29-31-33-35-37-39-41-43-45-47-49-51-53-55-57-63(7,59-61(3)4)65-64(8,60-62(5)6)58-56-54-52-50-48-46-44-42-40-38-36-34-32-30-28-26-24-22-20-18-16-14-12-10-2/h61-62H,9-60H2,1-8H3. The molecule has 0 spiro atoms. The van der Waals surface area contributed by atoms with Gasteiger partial charge in [-0.1, -0.05) is 350 Å². The molecule has 0 aromatic carbocycles. The monoisotopic (exact) mass is 915 g/mol. The van der Waals surface area contributed by atoms with Gasteiger partial charge in [0.2, 0.25) is 0 Å². The van der Waals surface area contributed by atoms with E-state index in [0.29, 0.717) is 11.8 Å². The summed E-state index contributed by atoms with van der Waals surface area (Å²) in [5, 5.41) is 0. The first-order chi connectivity index (χ1) is 31.7. The molecule has 65 heavy (non-hydrogen) atoms. The van der Waals surface area contributed by atoms with Crippen LogP contribution in [0.3, 0.4) is 0 Å². The van der Waals surface area contributed by atoms with Crippen LogP contribution in [-0.2, 0) is 4.74 Å². The first kappa shape index (κ1) is 65.0. The highest BCUT2D eigenvalue weighted by molar-refractivity contribution is 4.86. The van der Waals surface area contributed by atoms with E-state index >= 15 is 0 Å². The van der Waals surface area contributed by atoms with E-state index in [1.165, 1.54) is 334 Å².